The lowest BCUT2D eigenvalue weighted by Crippen LogP contribution is -2.29. The van der Waals surface area contributed by atoms with E-state index in [9.17, 15) is 19.7 Å². The van der Waals surface area contributed by atoms with E-state index in [4.69, 9.17) is 11.6 Å². The number of halogens is 1. The summed E-state index contributed by atoms with van der Waals surface area (Å²) in [4.78, 5) is 35.8. The van der Waals surface area contributed by atoms with Crippen molar-refractivity contribution in [1.29, 1.82) is 0 Å². The van der Waals surface area contributed by atoms with E-state index in [0.717, 1.165) is 0 Å². The average Bonchev–Trinajstić information content (AvgIpc) is 2.74. The van der Waals surface area contributed by atoms with Crippen molar-refractivity contribution in [1.82, 2.24) is 15.2 Å². The van der Waals surface area contributed by atoms with E-state index in [2.05, 4.69) is 15.6 Å². The Labute approximate surface area is 176 Å². The first kappa shape index (κ1) is 21.1. The largest absolute Gasteiger partial charge is 0.292 e. The Morgan fingerprint density at radius 2 is 1.97 bits per heavy atom. The molecule has 3 aromatic rings. The van der Waals surface area contributed by atoms with Crippen LogP contribution in [0.25, 0.3) is 10.8 Å². The summed E-state index contributed by atoms with van der Waals surface area (Å²) in [7, 11) is 0. The summed E-state index contributed by atoms with van der Waals surface area (Å²) in [6.45, 7) is 3.87. The molecular formula is C20H18ClN5O4. The third-order valence-corrected chi connectivity index (χ3v) is 4.72. The van der Waals surface area contributed by atoms with Crippen LogP contribution in [0.1, 0.15) is 36.3 Å². The van der Waals surface area contributed by atoms with Gasteiger partial charge >= 0.3 is 0 Å². The number of nitrogens with one attached hydrogen (secondary N) is 1. The minimum Gasteiger partial charge on any atom is -0.267 e. The number of hydrazone groups is 1. The third-order valence-electron chi connectivity index (χ3n) is 4.40. The summed E-state index contributed by atoms with van der Waals surface area (Å²) < 4.78 is 1.26. The Balaban J connectivity index is 1.95. The molecule has 1 amide bonds. The van der Waals surface area contributed by atoms with Gasteiger partial charge in [0.15, 0.2) is 5.69 Å². The van der Waals surface area contributed by atoms with Gasteiger partial charge < -0.3 is 0 Å². The molecule has 2 aromatic carbocycles. The Kier molecular flexibility index (Phi) is 6.22. The van der Waals surface area contributed by atoms with Gasteiger partial charge in [-0.05, 0) is 25.5 Å². The summed E-state index contributed by atoms with van der Waals surface area (Å²) in [5.41, 5.74) is 2.73. The number of hydrogen-bond donors (Lipinski definition) is 1. The number of nitro benzene ring substituents is 1. The molecule has 1 heterocycles. The van der Waals surface area contributed by atoms with Gasteiger partial charge in [-0.2, -0.15) is 10.2 Å². The summed E-state index contributed by atoms with van der Waals surface area (Å²) in [6.07, 6.45) is 0.679. The van der Waals surface area contributed by atoms with Crippen LogP contribution in [0, 0.1) is 10.1 Å². The Morgan fingerprint density at radius 3 is 2.63 bits per heavy atom. The second kappa shape index (κ2) is 8.83. The van der Waals surface area contributed by atoms with Crippen LogP contribution < -0.4 is 11.0 Å². The zero-order chi connectivity index (χ0) is 21.8. The van der Waals surface area contributed by atoms with Crippen LogP contribution in [0.15, 0.2) is 52.4 Å². The molecule has 0 aliphatic rings. The van der Waals surface area contributed by atoms with E-state index in [0.29, 0.717) is 35.0 Å². The highest BCUT2D eigenvalue weighted by Crippen LogP contribution is 2.25. The maximum Gasteiger partial charge on any atom is 0.292 e. The first-order valence-electron chi connectivity index (χ1n) is 9.12. The minimum atomic E-state index is -0.598. The van der Waals surface area contributed by atoms with Gasteiger partial charge in [0.05, 0.1) is 16.0 Å². The standard InChI is InChI=1S/C20H18ClN5O4/c1-3-10-25-20(28)15-7-5-4-6-14(15)18(24-25)19(27)23-22-12(2)13-8-9-16(21)17(11-13)26(29)30/h4-9,11H,3,10H2,1-2H3,(H,23,27)/b22-12+. The van der Waals surface area contributed by atoms with E-state index in [1.807, 2.05) is 6.92 Å². The van der Waals surface area contributed by atoms with Gasteiger partial charge in [-0.15, -0.1) is 0 Å². The Morgan fingerprint density at radius 1 is 1.27 bits per heavy atom. The average molecular weight is 428 g/mol. The fourth-order valence-corrected chi connectivity index (χ4v) is 3.08. The number of nitro groups is 1. The maximum atomic E-state index is 12.8. The smallest absolute Gasteiger partial charge is 0.267 e. The van der Waals surface area contributed by atoms with E-state index >= 15 is 0 Å². The van der Waals surface area contributed by atoms with Gasteiger partial charge in [-0.3, -0.25) is 19.7 Å². The molecule has 10 heteroatoms. The highest BCUT2D eigenvalue weighted by Gasteiger charge is 2.17. The Bertz CT molecular complexity index is 1240. The maximum absolute atomic E-state index is 12.8. The molecule has 0 bridgehead atoms. The van der Waals surface area contributed by atoms with Crippen molar-refractivity contribution in [2.45, 2.75) is 26.8 Å². The quantitative estimate of drug-likeness (QED) is 0.366. The molecule has 154 valence electrons. The van der Waals surface area contributed by atoms with Crippen molar-refractivity contribution < 1.29 is 9.72 Å². The van der Waals surface area contributed by atoms with Crippen molar-refractivity contribution >= 4 is 39.7 Å². The van der Waals surface area contributed by atoms with Crippen LogP contribution in [-0.2, 0) is 6.54 Å². The van der Waals surface area contributed by atoms with E-state index in [-0.39, 0.29) is 22.0 Å². The van der Waals surface area contributed by atoms with Crippen LogP contribution >= 0.6 is 11.6 Å². The molecular weight excluding hydrogens is 410 g/mol. The number of carbonyl (C=O) groups excluding carboxylic acids is 1. The zero-order valence-electron chi connectivity index (χ0n) is 16.3. The monoisotopic (exact) mass is 427 g/mol. The van der Waals surface area contributed by atoms with Gasteiger partial charge in [0.2, 0.25) is 0 Å². The predicted molar refractivity (Wildman–Crippen MR) is 114 cm³/mol. The molecule has 9 nitrogen and oxygen atoms in total. The summed E-state index contributed by atoms with van der Waals surface area (Å²) in [6, 6.07) is 11.0. The molecule has 3 rings (SSSR count). The van der Waals surface area contributed by atoms with E-state index in [1.165, 1.54) is 16.8 Å². The molecule has 0 aliphatic carbocycles. The number of rotatable bonds is 6. The first-order valence-corrected chi connectivity index (χ1v) is 9.50. The van der Waals surface area contributed by atoms with Crippen LogP contribution in [0.4, 0.5) is 5.69 Å². The predicted octanol–water partition coefficient (Wildman–Crippen LogP) is 3.52. The van der Waals surface area contributed by atoms with E-state index < -0.39 is 10.8 Å². The number of benzene rings is 2. The first-order chi connectivity index (χ1) is 14.3. The minimum absolute atomic E-state index is 0.00874. The van der Waals surface area contributed by atoms with Crippen molar-refractivity contribution in [2.24, 2.45) is 5.10 Å². The number of carbonyl (C=O) groups is 1. The molecule has 1 aromatic heterocycles. The third kappa shape index (κ3) is 4.20. The summed E-state index contributed by atoms with van der Waals surface area (Å²) >= 11 is 5.82. The number of aromatic nitrogens is 2. The summed E-state index contributed by atoms with van der Waals surface area (Å²) in [5, 5.41) is 20.1. The van der Waals surface area contributed by atoms with E-state index in [1.54, 1.807) is 37.3 Å². The van der Waals surface area contributed by atoms with Gasteiger partial charge in [0, 0.05) is 23.6 Å². The second-order valence-electron chi connectivity index (χ2n) is 6.48. The van der Waals surface area contributed by atoms with Gasteiger partial charge in [-0.25, -0.2) is 10.1 Å². The number of fused-ring (bicyclic) bond motifs is 1. The zero-order valence-corrected chi connectivity index (χ0v) is 17.0. The van der Waals surface area contributed by atoms with Crippen molar-refractivity contribution in [3.8, 4) is 0 Å². The number of aryl methyl sites for hydroxylation is 1. The number of hydrogen-bond acceptors (Lipinski definition) is 6. The van der Waals surface area contributed by atoms with Crippen LogP contribution in [-0.4, -0.2) is 26.3 Å². The molecule has 30 heavy (non-hydrogen) atoms. The molecule has 0 spiro atoms. The van der Waals surface area contributed by atoms with Crippen LogP contribution in [0.5, 0.6) is 0 Å². The lowest BCUT2D eigenvalue weighted by molar-refractivity contribution is -0.384. The second-order valence-corrected chi connectivity index (χ2v) is 6.89. The van der Waals surface area contributed by atoms with Gasteiger partial charge in [0.1, 0.15) is 5.02 Å². The normalized spacial score (nSPS) is 11.5. The van der Waals surface area contributed by atoms with Crippen molar-refractivity contribution in [3.63, 3.8) is 0 Å². The molecule has 0 saturated carbocycles. The summed E-state index contributed by atoms with van der Waals surface area (Å²) in [5.74, 6) is -0.598. The fourth-order valence-electron chi connectivity index (χ4n) is 2.90. The van der Waals surface area contributed by atoms with Gasteiger partial charge in [-0.1, -0.05) is 42.8 Å². The Hall–Kier alpha value is -3.59. The lowest BCUT2D eigenvalue weighted by Gasteiger charge is -2.09. The van der Waals surface area contributed by atoms with Crippen LogP contribution in [0.2, 0.25) is 5.02 Å². The molecule has 1 N–H and O–H groups in total. The molecule has 0 aliphatic heterocycles. The molecule has 0 fully saturated rings. The molecule has 0 radical (unpaired) electrons. The number of amides is 1. The fraction of sp³-hybridized carbons (Fsp3) is 0.200. The van der Waals surface area contributed by atoms with Crippen molar-refractivity contribution in [3.05, 3.63) is 79.2 Å². The SMILES string of the molecule is CCCn1nc(C(=O)N/N=C(\C)c2ccc(Cl)c([N+](=O)[O-])c2)c2ccccc2c1=O. The topological polar surface area (TPSA) is 119 Å². The number of nitrogens with zero attached hydrogens (tertiary/aromatic N) is 4. The molecule has 0 saturated heterocycles. The van der Waals surface area contributed by atoms with Crippen LogP contribution in [0.3, 0.4) is 0 Å². The van der Waals surface area contributed by atoms with Crippen molar-refractivity contribution in [2.75, 3.05) is 0 Å². The molecule has 0 unspecified atom stereocenters. The lowest BCUT2D eigenvalue weighted by atomic mass is 10.1. The van der Waals surface area contributed by atoms with Gasteiger partial charge in [0.25, 0.3) is 17.2 Å². The highest BCUT2D eigenvalue weighted by atomic mass is 35.5. The highest BCUT2D eigenvalue weighted by molar-refractivity contribution is 6.32. The molecule has 0 atom stereocenters.